The Kier molecular flexibility index (Phi) is 6.27. The minimum Gasteiger partial charge on any atom is -0.453 e. The molecule has 1 aliphatic rings. The maximum atomic E-state index is 13.1. The number of alkyl halides is 3. The molecule has 0 saturated heterocycles. The first-order valence-corrected chi connectivity index (χ1v) is 8.09. The Morgan fingerprint density at radius 1 is 1.16 bits per heavy atom. The summed E-state index contributed by atoms with van der Waals surface area (Å²) in [4.78, 5) is 23.3. The van der Waals surface area contributed by atoms with E-state index in [2.05, 4.69) is 15.4 Å². The van der Waals surface area contributed by atoms with Crippen molar-refractivity contribution in [2.75, 3.05) is 12.4 Å². The van der Waals surface area contributed by atoms with E-state index < -0.39 is 30.0 Å². The van der Waals surface area contributed by atoms with Crippen molar-refractivity contribution in [1.29, 1.82) is 0 Å². The maximum absolute atomic E-state index is 13.1. The van der Waals surface area contributed by atoms with Crippen LogP contribution in [0.25, 0.3) is 0 Å². The third kappa shape index (κ3) is 5.37. The average Bonchev–Trinajstić information content (AvgIpc) is 2.60. The fraction of sp³-hybridized carbons (Fsp3) is 0.529. The molecule has 25 heavy (non-hydrogen) atoms. The Morgan fingerprint density at radius 3 is 2.40 bits per heavy atom. The first-order valence-electron chi connectivity index (χ1n) is 8.09. The van der Waals surface area contributed by atoms with E-state index in [-0.39, 0.29) is 19.4 Å². The summed E-state index contributed by atoms with van der Waals surface area (Å²) in [5, 5.41) is 5.08. The molecule has 2 unspecified atom stereocenters. The smallest absolute Gasteiger partial charge is 0.411 e. The maximum Gasteiger partial charge on any atom is 0.411 e. The van der Waals surface area contributed by atoms with Gasteiger partial charge in [0.05, 0.1) is 13.0 Å². The number of hydrogen-bond donors (Lipinski definition) is 2. The van der Waals surface area contributed by atoms with E-state index in [1.807, 2.05) is 0 Å². The standard InChI is InChI=1S/C17H21F3N2O3/c1-25-16(24)22-12-8-6-11(7-9-12)10-21-15(23)13-4-2-3-5-14(13)17(18,19)20/h6-9,13-14H,2-5,10H2,1H3,(H,21,23)(H,22,24). The molecule has 0 bridgehead atoms. The van der Waals surface area contributed by atoms with Crippen molar-refractivity contribution in [1.82, 2.24) is 5.32 Å². The molecule has 5 nitrogen and oxygen atoms in total. The Hall–Kier alpha value is -2.25. The first-order chi connectivity index (χ1) is 11.8. The van der Waals surface area contributed by atoms with Crippen LogP contribution < -0.4 is 10.6 Å². The highest BCUT2D eigenvalue weighted by molar-refractivity contribution is 5.84. The van der Waals surface area contributed by atoms with Gasteiger partial charge in [0.1, 0.15) is 0 Å². The number of rotatable bonds is 4. The summed E-state index contributed by atoms with van der Waals surface area (Å²) in [6.07, 6.45) is -3.53. The molecule has 1 saturated carbocycles. The van der Waals surface area contributed by atoms with Crippen molar-refractivity contribution < 1.29 is 27.5 Å². The van der Waals surface area contributed by atoms with Gasteiger partial charge >= 0.3 is 12.3 Å². The molecule has 0 radical (unpaired) electrons. The van der Waals surface area contributed by atoms with Gasteiger partial charge in [-0.15, -0.1) is 0 Å². The first kappa shape index (κ1) is 19.1. The van der Waals surface area contributed by atoms with Gasteiger partial charge in [0.2, 0.25) is 5.91 Å². The Labute approximate surface area is 143 Å². The van der Waals surface area contributed by atoms with Crippen LogP contribution in [0.5, 0.6) is 0 Å². The molecule has 0 heterocycles. The second-order valence-corrected chi connectivity index (χ2v) is 6.07. The number of amides is 2. The molecule has 0 aromatic heterocycles. The van der Waals surface area contributed by atoms with Crippen molar-refractivity contribution in [3.05, 3.63) is 29.8 Å². The SMILES string of the molecule is COC(=O)Nc1ccc(CNC(=O)C2CCCCC2C(F)(F)F)cc1. The van der Waals surface area contributed by atoms with Crippen LogP contribution in [0.1, 0.15) is 31.2 Å². The zero-order chi connectivity index (χ0) is 18.4. The van der Waals surface area contributed by atoms with E-state index in [1.54, 1.807) is 24.3 Å². The van der Waals surface area contributed by atoms with Gasteiger partial charge in [-0.05, 0) is 30.5 Å². The fourth-order valence-corrected chi connectivity index (χ4v) is 3.03. The predicted molar refractivity (Wildman–Crippen MR) is 85.8 cm³/mol. The molecule has 2 N–H and O–H groups in total. The second-order valence-electron chi connectivity index (χ2n) is 6.07. The molecule has 1 aromatic carbocycles. The molecular formula is C17H21F3N2O3. The monoisotopic (exact) mass is 358 g/mol. The van der Waals surface area contributed by atoms with Gasteiger partial charge in [-0.3, -0.25) is 10.1 Å². The topological polar surface area (TPSA) is 67.4 Å². The lowest BCUT2D eigenvalue weighted by molar-refractivity contribution is -0.198. The summed E-state index contributed by atoms with van der Waals surface area (Å²) in [6, 6.07) is 6.59. The van der Waals surface area contributed by atoms with Crippen LogP contribution in [-0.2, 0) is 16.1 Å². The number of ether oxygens (including phenoxy) is 1. The number of anilines is 1. The van der Waals surface area contributed by atoms with Crippen molar-refractivity contribution in [2.24, 2.45) is 11.8 Å². The van der Waals surface area contributed by atoms with E-state index in [4.69, 9.17) is 0 Å². The fourth-order valence-electron chi connectivity index (χ4n) is 3.03. The largest absolute Gasteiger partial charge is 0.453 e. The van der Waals surface area contributed by atoms with Gasteiger partial charge in [-0.25, -0.2) is 4.79 Å². The molecule has 1 fully saturated rings. The molecule has 138 valence electrons. The molecule has 2 amide bonds. The molecule has 1 aromatic rings. The summed E-state index contributed by atoms with van der Waals surface area (Å²) in [7, 11) is 1.25. The highest BCUT2D eigenvalue weighted by atomic mass is 19.4. The van der Waals surface area contributed by atoms with Crippen LogP contribution in [0.4, 0.5) is 23.7 Å². The summed E-state index contributed by atoms with van der Waals surface area (Å²) >= 11 is 0. The minimum atomic E-state index is -4.34. The molecular weight excluding hydrogens is 337 g/mol. The highest BCUT2D eigenvalue weighted by Gasteiger charge is 2.47. The third-order valence-corrected chi connectivity index (χ3v) is 4.38. The number of methoxy groups -OCH3 is 1. The van der Waals surface area contributed by atoms with Gasteiger partial charge in [-0.2, -0.15) is 13.2 Å². The predicted octanol–water partition coefficient (Wildman–Crippen LogP) is 3.85. The van der Waals surface area contributed by atoms with Crippen molar-refractivity contribution >= 4 is 17.7 Å². The molecule has 0 spiro atoms. The Balaban J connectivity index is 1.91. The summed E-state index contributed by atoms with van der Waals surface area (Å²) in [5.41, 5.74) is 1.24. The van der Waals surface area contributed by atoms with Crippen LogP contribution in [-0.4, -0.2) is 25.3 Å². The van der Waals surface area contributed by atoms with Crippen molar-refractivity contribution in [2.45, 2.75) is 38.4 Å². The van der Waals surface area contributed by atoms with Crippen molar-refractivity contribution in [3.63, 3.8) is 0 Å². The van der Waals surface area contributed by atoms with Gasteiger partial charge < -0.3 is 10.1 Å². The number of benzene rings is 1. The van der Waals surface area contributed by atoms with E-state index >= 15 is 0 Å². The summed E-state index contributed by atoms with van der Waals surface area (Å²) in [6.45, 7) is 0.137. The summed E-state index contributed by atoms with van der Waals surface area (Å²) < 4.78 is 43.7. The van der Waals surface area contributed by atoms with Crippen LogP contribution in [0.15, 0.2) is 24.3 Å². The zero-order valence-electron chi connectivity index (χ0n) is 13.9. The molecule has 0 aliphatic heterocycles. The highest BCUT2D eigenvalue weighted by Crippen LogP contribution is 2.41. The van der Waals surface area contributed by atoms with Crippen LogP contribution >= 0.6 is 0 Å². The quantitative estimate of drug-likeness (QED) is 0.859. The minimum absolute atomic E-state index is 0.00941. The Morgan fingerprint density at radius 2 is 1.80 bits per heavy atom. The molecule has 1 aliphatic carbocycles. The molecule has 8 heteroatoms. The van der Waals surface area contributed by atoms with Crippen LogP contribution in [0, 0.1) is 11.8 Å². The number of nitrogens with one attached hydrogen (secondary N) is 2. The number of carbonyl (C=O) groups excluding carboxylic acids is 2. The second kappa shape index (κ2) is 8.22. The van der Waals surface area contributed by atoms with E-state index in [1.165, 1.54) is 7.11 Å². The average molecular weight is 358 g/mol. The lowest BCUT2D eigenvalue weighted by Crippen LogP contribution is -2.42. The normalized spacial score (nSPS) is 20.6. The third-order valence-electron chi connectivity index (χ3n) is 4.38. The molecule has 2 rings (SSSR count). The Bertz CT molecular complexity index is 602. The van der Waals surface area contributed by atoms with E-state index in [9.17, 15) is 22.8 Å². The van der Waals surface area contributed by atoms with Gasteiger partial charge in [0.25, 0.3) is 0 Å². The zero-order valence-corrected chi connectivity index (χ0v) is 13.9. The van der Waals surface area contributed by atoms with Crippen LogP contribution in [0.2, 0.25) is 0 Å². The van der Waals surface area contributed by atoms with Gasteiger partial charge in [0.15, 0.2) is 0 Å². The van der Waals surface area contributed by atoms with E-state index in [0.717, 1.165) is 5.56 Å². The lowest BCUT2D eigenvalue weighted by Gasteiger charge is -2.32. The number of hydrogen-bond acceptors (Lipinski definition) is 3. The van der Waals surface area contributed by atoms with E-state index in [0.29, 0.717) is 18.5 Å². The number of halogens is 3. The van der Waals surface area contributed by atoms with Crippen LogP contribution in [0.3, 0.4) is 0 Å². The number of carbonyl (C=O) groups is 2. The van der Waals surface area contributed by atoms with Gasteiger partial charge in [-0.1, -0.05) is 25.0 Å². The lowest BCUT2D eigenvalue weighted by atomic mass is 9.78. The van der Waals surface area contributed by atoms with Gasteiger partial charge in [0, 0.05) is 18.2 Å². The summed E-state index contributed by atoms with van der Waals surface area (Å²) in [5.74, 6) is -3.14. The van der Waals surface area contributed by atoms with Crippen molar-refractivity contribution in [3.8, 4) is 0 Å². The molecule has 2 atom stereocenters.